The van der Waals surface area contributed by atoms with Gasteiger partial charge in [0.2, 0.25) is 0 Å². The Morgan fingerprint density at radius 2 is 2.06 bits per heavy atom. The summed E-state index contributed by atoms with van der Waals surface area (Å²) in [6.07, 6.45) is 3.71. The highest BCUT2D eigenvalue weighted by atomic mass is 16.3. The van der Waals surface area contributed by atoms with Crippen molar-refractivity contribution < 1.29 is 5.11 Å². The van der Waals surface area contributed by atoms with E-state index in [0.717, 1.165) is 19.1 Å². The van der Waals surface area contributed by atoms with Crippen LogP contribution in [0.15, 0.2) is 0 Å². The fraction of sp³-hybridized carbons (Fsp3) is 1.00. The van der Waals surface area contributed by atoms with Crippen molar-refractivity contribution >= 4 is 0 Å². The van der Waals surface area contributed by atoms with Gasteiger partial charge >= 0.3 is 0 Å². The highest BCUT2D eigenvalue weighted by Gasteiger charge is 2.22. The van der Waals surface area contributed by atoms with Crippen LogP contribution < -0.4 is 0 Å². The van der Waals surface area contributed by atoms with E-state index in [0.29, 0.717) is 6.04 Å². The van der Waals surface area contributed by atoms with Gasteiger partial charge in [0.05, 0.1) is 6.10 Å². The summed E-state index contributed by atoms with van der Waals surface area (Å²) in [5.74, 6) is 0. The van der Waals surface area contributed by atoms with Crippen LogP contribution in [-0.2, 0) is 0 Å². The monoisotopic (exact) mass is 228 g/mol. The fourth-order valence-electron chi connectivity index (χ4n) is 2.56. The van der Waals surface area contributed by atoms with E-state index in [9.17, 15) is 5.11 Å². The number of nitrogens with zero attached hydrogens (tertiary/aromatic N) is 2. The third kappa shape index (κ3) is 4.40. The number of hydrogen-bond acceptors (Lipinski definition) is 3. The summed E-state index contributed by atoms with van der Waals surface area (Å²) in [4.78, 5) is 4.86. The minimum atomic E-state index is -0.219. The molecule has 1 heterocycles. The lowest BCUT2D eigenvalue weighted by molar-refractivity contribution is 0.101. The van der Waals surface area contributed by atoms with Crippen LogP contribution in [0.1, 0.15) is 40.0 Å². The van der Waals surface area contributed by atoms with Crippen molar-refractivity contribution in [1.82, 2.24) is 9.80 Å². The minimum Gasteiger partial charge on any atom is -0.392 e. The second-order valence-corrected chi connectivity index (χ2v) is 5.50. The first-order chi connectivity index (χ1) is 7.50. The van der Waals surface area contributed by atoms with Gasteiger partial charge in [-0.15, -0.1) is 0 Å². The van der Waals surface area contributed by atoms with Crippen LogP contribution in [0.3, 0.4) is 0 Å². The third-order valence-corrected chi connectivity index (χ3v) is 3.65. The smallest absolute Gasteiger partial charge is 0.0639 e. The number of rotatable bonds is 6. The molecule has 1 fully saturated rings. The molecule has 16 heavy (non-hydrogen) atoms. The first-order valence-corrected chi connectivity index (χ1v) is 6.63. The van der Waals surface area contributed by atoms with E-state index < -0.39 is 0 Å². The molecule has 0 bridgehead atoms. The molecular formula is C13H28N2O. The molecule has 0 aromatic carbocycles. The second kappa shape index (κ2) is 6.58. The molecule has 3 heteroatoms. The van der Waals surface area contributed by atoms with E-state index in [4.69, 9.17) is 0 Å². The van der Waals surface area contributed by atoms with E-state index in [2.05, 4.69) is 30.7 Å². The average molecular weight is 228 g/mol. The van der Waals surface area contributed by atoms with Crippen LogP contribution in [0, 0.1) is 0 Å². The summed E-state index contributed by atoms with van der Waals surface area (Å²) >= 11 is 0. The molecule has 0 radical (unpaired) electrons. The summed E-state index contributed by atoms with van der Waals surface area (Å²) in [6.45, 7) is 9.45. The SMILES string of the molecule is CC(O)CN(CCC1CCCN1C)C(C)C. The largest absolute Gasteiger partial charge is 0.392 e. The quantitative estimate of drug-likeness (QED) is 0.747. The fourth-order valence-corrected chi connectivity index (χ4v) is 2.56. The zero-order valence-electron chi connectivity index (χ0n) is 11.3. The van der Waals surface area contributed by atoms with Gasteiger partial charge in [-0.25, -0.2) is 0 Å². The molecule has 1 N–H and O–H groups in total. The Bertz CT molecular complexity index is 194. The van der Waals surface area contributed by atoms with Crippen LogP contribution >= 0.6 is 0 Å². The van der Waals surface area contributed by atoms with Crippen LogP contribution in [0.25, 0.3) is 0 Å². The van der Waals surface area contributed by atoms with Gasteiger partial charge in [-0.05, 0) is 60.2 Å². The lowest BCUT2D eigenvalue weighted by Gasteiger charge is -2.30. The van der Waals surface area contributed by atoms with Gasteiger partial charge in [-0.1, -0.05) is 0 Å². The van der Waals surface area contributed by atoms with E-state index in [1.165, 1.54) is 25.8 Å². The maximum Gasteiger partial charge on any atom is 0.0639 e. The number of aliphatic hydroxyl groups excluding tert-OH is 1. The van der Waals surface area contributed by atoms with Gasteiger partial charge in [0.25, 0.3) is 0 Å². The molecule has 1 saturated heterocycles. The van der Waals surface area contributed by atoms with Crippen molar-refractivity contribution in [3.63, 3.8) is 0 Å². The standard InChI is InChI=1S/C13H28N2O/c1-11(2)15(10-12(3)16)9-7-13-6-5-8-14(13)4/h11-13,16H,5-10H2,1-4H3. The van der Waals surface area contributed by atoms with Gasteiger partial charge in [-0.3, -0.25) is 4.90 Å². The molecule has 96 valence electrons. The lowest BCUT2D eigenvalue weighted by Crippen LogP contribution is -2.39. The maximum absolute atomic E-state index is 9.46. The normalized spacial score (nSPS) is 24.6. The molecular weight excluding hydrogens is 200 g/mol. The van der Waals surface area contributed by atoms with Crippen molar-refractivity contribution in [1.29, 1.82) is 0 Å². The summed E-state index contributed by atoms with van der Waals surface area (Å²) < 4.78 is 0. The molecule has 1 rings (SSSR count). The number of hydrogen-bond donors (Lipinski definition) is 1. The average Bonchev–Trinajstić information content (AvgIpc) is 2.57. The van der Waals surface area contributed by atoms with Gasteiger partial charge in [0.1, 0.15) is 0 Å². The molecule has 0 aromatic heterocycles. The van der Waals surface area contributed by atoms with E-state index >= 15 is 0 Å². The Labute approximate surface area is 100 Å². The molecule has 0 saturated carbocycles. The van der Waals surface area contributed by atoms with Crippen LogP contribution in [0.2, 0.25) is 0 Å². The van der Waals surface area contributed by atoms with E-state index in [1.807, 2.05) is 6.92 Å². The van der Waals surface area contributed by atoms with Crippen molar-refractivity contribution in [3.8, 4) is 0 Å². The summed E-state index contributed by atoms with van der Waals surface area (Å²) in [5, 5.41) is 9.46. The van der Waals surface area contributed by atoms with Crippen LogP contribution in [0.4, 0.5) is 0 Å². The second-order valence-electron chi connectivity index (χ2n) is 5.50. The predicted octanol–water partition coefficient (Wildman–Crippen LogP) is 1.56. The Hall–Kier alpha value is -0.120. The molecule has 0 aliphatic carbocycles. The summed E-state index contributed by atoms with van der Waals surface area (Å²) in [7, 11) is 2.23. The Morgan fingerprint density at radius 1 is 1.38 bits per heavy atom. The third-order valence-electron chi connectivity index (χ3n) is 3.65. The summed E-state index contributed by atoms with van der Waals surface area (Å²) in [5.41, 5.74) is 0. The number of aliphatic hydroxyl groups is 1. The van der Waals surface area contributed by atoms with Crippen LogP contribution in [0.5, 0.6) is 0 Å². The van der Waals surface area contributed by atoms with Gasteiger partial charge < -0.3 is 10.0 Å². The molecule has 1 aliphatic heterocycles. The molecule has 3 nitrogen and oxygen atoms in total. The van der Waals surface area contributed by atoms with Crippen LogP contribution in [-0.4, -0.2) is 59.8 Å². The maximum atomic E-state index is 9.46. The van der Waals surface area contributed by atoms with Gasteiger partial charge in [0, 0.05) is 18.6 Å². The molecule has 0 spiro atoms. The minimum absolute atomic E-state index is 0.219. The topological polar surface area (TPSA) is 26.7 Å². The first kappa shape index (κ1) is 13.9. The Kier molecular flexibility index (Phi) is 5.73. The Morgan fingerprint density at radius 3 is 2.50 bits per heavy atom. The highest BCUT2D eigenvalue weighted by Crippen LogP contribution is 2.18. The van der Waals surface area contributed by atoms with Gasteiger partial charge in [0.15, 0.2) is 0 Å². The van der Waals surface area contributed by atoms with Crippen molar-refractivity contribution in [2.45, 2.75) is 58.2 Å². The number of likely N-dealkylation sites (tertiary alicyclic amines) is 1. The molecule has 0 aromatic rings. The van der Waals surface area contributed by atoms with Crippen molar-refractivity contribution in [3.05, 3.63) is 0 Å². The van der Waals surface area contributed by atoms with E-state index in [1.54, 1.807) is 0 Å². The molecule has 2 atom stereocenters. The van der Waals surface area contributed by atoms with Gasteiger partial charge in [-0.2, -0.15) is 0 Å². The van der Waals surface area contributed by atoms with Crippen molar-refractivity contribution in [2.75, 3.05) is 26.7 Å². The molecule has 2 unspecified atom stereocenters. The first-order valence-electron chi connectivity index (χ1n) is 6.63. The van der Waals surface area contributed by atoms with Crippen molar-refractivity contribution in [2.24, 2.45) is 0 Å². The predicted molar refractivity (Wildman–Crippen MR) is 68.7 cm³/mol. The highest BCUT2D eigenvalue weighted by molar-refractivity contribution is 4.78. The zero-order valence-corrected chi connectivity index (χ0v) is 11.3. The molecule has 1 aliphatic rings. The zero-order chi connectivity index (χ0) is 12.1. The summed E-state index contributed by atoms with van der Waals surface area (Å²) in [6, 6.07) is 1.29. The Balaban J connectivity index is 2.31. The van der Waals surface area contributed by atoms with E-state index in [-0.39, 0.29) is 6.10 Å². The lowest BCUT2D eigenvalue weighted by atomic mass is 10.1. The molecule has 0 amide bonds.